The van der Waals surface area contributed by atoms with Crippen molar-refractivity contribution >= 4 is 67.6 Å². The van der Waals surface area contributed by atoms with Crippen molar-refractivity contribution in [1.29, 1.82) is 0 Å². The molecule has 0 radical (unpaired) electrons. The fourth-order valence-corrected chi connectivity index (χ4v) is 7.36. The first kappa shape index (κ1) is 23.1. The van der Waals surface area contributed by atoms with Crippen LogP contribution in [-0.2, 0) is 0 Å². The number of nitrogens with one attached hydrogen (secondary N) is 1. The van der Waals surface area contributed by atoms with Crippen LogP contribution in [0.25, 0.3) is 0 Å². The van der Waals surface area contributed by atoms with Gasteiger partial charge in [-0.25, -0.2) is 0 Å². The Morgan fingerprint density at radius 1 is 1.12 bits per heavy atom. The highest BCUT2D eigenvalue weighted by molar-refractivity contribution is 9.11. The summed E-state index contributed by atoms with van der Waals surface area (Å²) in [5, 5.41) is 4.97. The van der Waals surface area contributed by atoms with Crippen LogP contribution in [0.4, 0.5) is 11.4 Å². The Morgan fingerprint density at radius 3 is 2.55 bits per heavy atom. The minimum absolute atomic E-state index is 0.0133. The number of aromatic nitrogens is 1. The molecule has 2 aliphatic heterocycles. The fourth-order valence-electron chi connectivity index (χ4n) is 5.17. The number of pyridine rings is 1. The summed E-state index contributed by atoms with van der Waals surface area (Å²) in [6.45, 7) is 6.73. The SMILES string of the molecule is C[C@@H]1C[C@H](C)CN(c2ccc(N3C(=S)N[C@H](c4ccccn4)[C@@H]3c3ccc(Br)s3)cc2Cl)C1. The molecule has 1 aromatic carbocycles. The van der Waals surface area contributed by atoms with Crippen molar-refractivity contribution < 1.29 is 0 Å². The van der Waals surface area contributed by atoms with E-state index in [4.69, 9.17) is 23.8 Å². The van der Waals surface area contributed by atoms with E-state index < -0.39 is 0 Å². The molecule has 0 aliphatic carbocycles. The van der Waals surface area contributed by atoms with Crippen LogP contribution in [0.15, 0.2) is 58.5 Å². The maximum Gasteiger partial charge on any atom is 0.174 e. The quantitative estimate of drug-likeness (QED) is 0.340. The third-order valence-corrected chi connectivity index (χ3v) is 8.71. The van der Waals surface area contributed by atoms with Gasteiger partial charge in [0.15, 0.2) is 5.11 Å². The van der Waals surface area contributed by atoms with Crippen LogP contribution in [0, 0.1) is 11.8 Å². The number of halogens is 2. The van der Waals surface area contributed by atoms with Crippen LogP contribution in [0.3, 0.4) is 0 Å². The van der Waals surface area contributed by atoms with E-state index in [0.717, 1.165) is 39.0 Å². The third kappa shape index (κ3) is 4.65. The number of piperidine rings is 1. The van der Waals surface area contributed by atoms with Gasteiger partial charge in [-0.2, -0.15) is 0 Å². The van der Waals surface area contributed by atoms with Gasteiger partial charge < -0.3 is 15.1 Å². The van der Waals surface area contributed by atoms with Crippen LogP contribution in [0.5, 0.6) is 0 Å². The number of hydrogen-bond acceptors (Lipinski definition) is 4. The second-order valence-corrected chi connectivity index (χ2v) is 12.4. The van der Waals surface area contributed by atoms with E-state index in [9.17, 15) is 0 Å². The zero-order chi connectivity index (χ0) is 23.1. The van der Waals surface area contributed by atoms with Gasteiger partial charge in [0.2, 0.25) is 0 Å². The van der Waals surface area contributed by atoms with E-state index in [0.29, 0.717) is 16.9 Å². The average molecular weight is 562 g/mol. The summed E-state index contributed by atoms with van der Waals surface area (Å²) in [6.07, 6.45) is 3.10. The lowest BCUT2D eigenvalue weighted by molar-refractivity contribution is 0.357. The zero-order valence-corrected chi connectivity index (χ0v) is 22.5. The van der Waals surface area contributed by atoms with Crippen LogP contribution in [-0.4, -0.2) is 23.2 Å². The lowest BCUT2D eigenvalue weighted by Crippen LogP contribution is -2.38. The summed E-state index contributed by atoms with van der Waals surface area (Å²) in [5.41, 5.74) is 3.07. The molecule has 0 unspecified atom stereocenters. The first-order valence-corrected chi connectivity index (χ1v) is 13.6. The highest BCUT2D eigenvalue weighted by Crippen LogP contribution is 2.45. The molecule has 1 N–H and O–H groups in total. The molecule has 0 bridgehead atoms. The molecule has 0 saturated carbocycles. The second-order valence-electron chi connectivity index (χ2n) is 9.13. The van der Waals surface area contributed by atoms with Crippen molar-refractivity contribution in [2.24, 2.45) is 11.8 Å². The maximum atomic E-state index is 6.89. The molecule has 33 heavy (non-hydrogen) atoms. The van der Waals surface area contributed by atoms with Crippen molar-refractivity contribution in [2.75, 3.05) is 22.9 Å². The molecule has 8 heteroatoms. The van der Waals surface area contributed by atoms with Crippen molar-refractivity contribution in [1.82, 2.24) is 10.3 Å². The average Bonchev–Trinajstić information content (AvgIpc) is 3.36. The molecular formula is C25H26BrClN4S2. The Balaban J connectivity index is 1.51. The molecule has 5 rings (SSSR count). The monoisotopic (exact) mass is 560 g/mol. The molecule has 172 valence electrons. The number of thiophene rings is 1. The summed E-state index contributed by atoms with van der Waals surface area (Å²) in [6, 6.07) is 16.5. The number of benzene rings is 1. The Kier molecular flexibility index (Phi) is 6.67. The lowest BCUT2D eigenvalue weighted by atomic mass is 9.91. The van der Waals surface area contributed by atoms with Gasteiger partial charge in [-0.1, -0.05) is 31.5 Å². The first-order valence-electron chi connectivity index (χ1n) is 11.2. The van der Waals surface area contributed by atoms with Crippen LogP contribution < -0.4 is 15.1 Å². The van der Waals surface area contributed by atoms with E-state index >= 15 is 0 Å². The van der Waals surface area contributed by atoms with Crippen molar-refractivity contribution in [3.05, 3.63) is 74.1 Å². The van der Waals surface area contributed by atoms with Gasteiger partial charge in [0.25, 0.3) is 0 Å². The summed E-state index contributed by atoms with van der Waals surface area (Å²) in [5.74, 6) is 1.33. The van der Waals surface area contributed by atoms with Gasteiger partial charge in [-0.05, 0) is 88.9 Å². The highest BCUT2D eigenvalue weighted by atomic mass is 79.9. The molecule has 0 spiro atoms. The van der Waals surface area contributed by atoms with Crippen LogP contribution in [0.1, 0.15) is 42.9 Å². The molecule has 4 atom stereocenters. The molecule has 4 nitrogen and oxygen atoms in total. The first-order chi connectivity index (χ1) is 15.9. The Labute approximate surface area is 218 Å². The van der Waals surface area contributed by atoms with Gasteiger partial charge >= 0.3 is 0 Å². The van der Waals surface area contributed by atoms with E-state index in [1.807, 2.05) is 24.4 Å². The number of nitrogens with zero attached hydrogens (tertiary/aromatic N) is 3. The topological polar surface area (TPSA) is 31.4 Å². The van der Waals surface area contributed by atoms with E-state index in [-0.39, 0.29) is 12.1 Å². The maximum absolute atomic E-state index is 6.89. The molecular weight excluding hydrogens is 536 g/mol. The standard InChI is InChI=1S/C25H26BrClN4S2/c1-15-11-16(2)14-30(13-15)20-7-6-17(12-18(20)27)31-24(21-8-9-22(26)33-21)23(29-25(31)32)19-5-3-4-10-28-19/h3-10,12,15-16,23-24H,11,13-14H2,1-2H3,(H,29,32)/t15-,16+,23-,24+/m1/s1. The minimum Gasteiger partial charge on any atom is -0.370 e. The fraction of sp³-hybridized carbons (Fsp3) is 0.360. The Morgan fingerprint density at radius 2 is 1.91 bits per heavy atom. The zero-order valence-electron chi connectivity index (χ0n) is 18.5. The minimum atomic E-state index is -0.0495. The van der Waals surface area contributed by atoms with Crippen LogP contribution in [0.2, 0.25) is 5.02 Å². The number of anilines is 2. The smallest absolute Gasteiger partial charge is 0.174 e. The molecule has 2 aromatic heterocycles. The van der Waals surface area contributed by atoms with Gasteiger partial charge in [-0.15, -0.1) is 11.3 Å². The predicted molar refractivity (Wildman–Crippen MR) is 147 cm³/mol. The predicted octanol–water partition coefficient (Wildman–Crippen LogP) is 7.22. The Bertz CT molecular complexity index is 1140. The van der Waals surface area contributed by atoms with E-state index in [1.165, 1.54) is 11.3 Å². The van der Waals surface area contributed by atoms with Gasteiger partial charge in [0.1, 0.15) is 0 Å². The van der Waals surface area contributed by atoms with Gasteiger partial charge in [0.05, 0.1) is 32.3 Å². The van der Waals surface area contributed by atoms with Crippen molar-refractivity contribution in [2.45, 2.75) is 32.4 Å². The van der Waals surface area contributed by atoms with Gasteiger partial charge in [0, 0.05) is 29.9 Å². The number of rotatable bonds is 4. The third-order valence-electron chi connectivity index (χ3n) is 6.40. The molecule has 2 aliphatic rings. The molecule has 3 aromatic rings. The van der Waals surface area contributed by atoms with E-state index in [2.05, 4.69) is 80.2 Å². The second kappa shape index (κ2) is 9.53. The molecule has 2 saturated heterocycles. The number of thiocarbonyl (C=S) groups is 1. The molecule has 2 fully saturated rings. The molecule has 4 heterocycles. The Hall–Kier alpha value is -1.67. The van der Waals surface area contributed by atoms with E-state index in [1.54, 1.807) is 11.3 Å². The summed E-state index contributed by atoms with van der Waals surface area (Å²) >= 11 is 18.1. The van der Waals surface area contributed by atoms with Crippen molar-refractivity contribution in [3.63, 3.8) is 0 Å². The molecule has 0 amide bonds. The normalized spacial score (nSPS) is 25.4. The largest absolute Gasteiger partial charge is 0.370 e. The lowest BCUT2D eigenvalue weighted by Gasteiger charge is -2.37. The summed E-state index contributed by atoms with van der Waals surface area (Å²) in [7, 11) is 0. The summed E-state index contributed by atoms with van der Waals surface area (Å²) in [4.78, 5) is 10.4. The van der Waals surface area contributed by atoms with Crippen molar-refractivity contribution in [3.8, 4) is 0 Å². The summed E-state index contributed by atoms with van der Waals surface area (Å²) < 4.78 is 1.09. The number of hydrogen-bond donors (Lipinski definition) is 1. The van der Waals surface area contributed by atoms with Crippen LogP contribution >= 0.6 is 51.1 Å². The van der Waals surface area contributed by atoms with Gasteiger partial charge in [-0.3, -0.25) is 4.98 Å². The highest BCUT2D eigenvalue weighted by Gasteiger charge is 2.41.